The van der Waals surface area contributed by atoms with Gasteiger partial charge in [-0.25, -0.2) is 0 Å². The summed E-state index contributed by atoms with van der Waals surface area (Å²) in [4.78, 5) is 14.0. The summed E-state index contributed by atoms with van der Waals surface area (Å²) in [5, 5.41) is 0. The van der Waals surface area contributed by atoms with Gasteiger partial charge in [0, 0.05) is 25.9 Å². The van der Waals surface area contributed by atoms with Crippen LogP contribution in [-0.2, 0) is 9.53 Å². The van der Waals surface area contributed by atoms with Gasteiger partial charge in [-0.3, -0.25) is 4.79 Å². The van der Waals surface area contributed by atoms with Crippen LogP contribution in [0, 0.1) is 0 Å². The van der Waals surface area contributed by atoms with Gasteiger partial charge in [-0.15, -0.1) is 0 Å². The Morgan fingerprint density at radius 3 is 2.56 bits per heavy atom. The van der Waals surface area contributed by atoms with Crippen LogP contribution in [0.15, 0.2) is 24.0 Å². The average Bonchev–Trinajstić information content (AvgIpc) is 2.73. The van der Waals surface area contributed by atoms with Crippen molar-refractivity contribution in [3.8, 4) is 0 Å². The third-order valence-corrected chi connectivity index (χ3v) is 2.93. The summed E-state index contributed by atoms with van der Waals surface area (Å²) < 4.78 is 5.65. The van der Waals surface area contributed by atoms with E-state index in [1.54, 1.807) is 6.08 Å². The molecule has 1 aliphatic rings. The molecule has 16 heavy (non-hydrogen) atoms. The second-order valence-corrected chi connectivity index (χ2v) is 3.83. The lowest BCUT2D eigenvalue weighted by atomic mass is 10.1. The van der Waals surface area contributed by atoms with Crippen molar-refractivity contribution in [2.24, 2.45) is 0 Å². The molecule has 1 unspecified atom stereocenters. The number of amides is 1. The summed E-state index contributed by atoms with van der Waals surface area (Å²) in [5.74, 6) is 0.952. The number of rotatable bonds is 5. The van der Waals surface area contributed by atoms with E-state index >= 15 is 0 Å². The minimum Gasteiger partial charge on any atom is -0.490 e. The van der Waals surface area contributed by atoms with Gasteiger partial charge in [0.2, 0.25) is 0 Å². The zero-order valence-electron chi connectivity index (χ0n) is 10.5. The van der Waals surface area contributed by atoms with Gasteiger partial charge >= 0.3 is 0 Å². The number of ether oxygens (including phenoxy) is 1. The SMILES string of the molecule is C=CC1CC(C(=O)N(CC)CC)=C(CC)O1. The van der Waals surface area contributed by atoms with Crippen molar-refractivity contribution < 1.29 is 9.53 Å². The first-order valence-electron chi connectivity index (χ1n) is 5.98. The lowest BCUT2D eigenvalue weighted by molar-refractivity contribution is -0.126. The Kier molecular flexibility index (Phi) is 4.59. The van der Waals surface area contributed by atoms with Gasteiger partial charge in [-0.05, 0) is 13.8 Å². The molecule has 0 fully saturated rings. The number of hydrogen-bond acceptors (Lipinski definition) is 2. The van der Waals surface area contributed by atoms with E-state index < -0.39 is 0 Å². The van der Waals surface area contributed by atoms with Gasteiger partial charge in [0.15, 0.2) is 0 Å². The van der Waals surface area contributed by atoms with Crippen LogP contribution in [0.4, 0.5) is 0 Å². The molecule has 1 heterocycles. The Hall–Kier alpha value is -1.25. The number of carbonyl (C=O) groups excluding carboxylic acids is 1. The highest BCUT2D eigenvalue weighted by Crippen LogP contribution is 2.29. The monoisotopic (exact) mass is 223 g/mol. The first kappa shape index (κ1) is 12.8. The fourth-order valence-electron chi connectivity index (χ4n) is 1.95. The molecule has 3 nitrogen and oxygen atoms in total. The van der Waals surface area contributed by atoms with Gasteiger partial charge < -0.3 is 9.64 Å². The van der Waals surface area contributed by atoms with Crippen molar-refractivity contribution in [3.05, 3.63) is 24.0 Å². The number of carbonyl (C=O) groups is 1. The second-order valence-electron chi connectivity index (χ2n) is 3.83. The molecule has 0 aliphatic carbocycles. The molecule has 0 aromatic rings. The Morgan fingerprint density at radius 2 is 2.12 bits per heavy atom. The second kappa shape index (κ2) is 5.73. The van der Waals surface area contributed by atoms with Crippen molar-refractivity contribution in [1.29, 1.82) is 0 Å². The first-order chi connectivity index (χ1) is 7.67. The summed E-state index contributed by atoms with van der Waals surface area (Å²) in [5.41, 5.74) is 0.830. The van der Waals surface area contributed by atoms with Gasteiger partial charge in [0.05, 0.1) is 5.57 Å². The molecule has 90 valence electrons. The Balaban J connectivity index is 2.84. The smallest absolute Gasteiger partial charge is 0.253 e. The summed E-state index contributed by atoms with van der Waals surface area (Å²) in [6, 6.07) is 0. The Labute approximate surface area is 97.8 Å². The van der Waals surface area contributed by atoms with Crippen LogP contribution in [-0.4, -0.2) is 30.0 Å². The van der Waals surface area contributed by atoms with E-state index in [4.69, 9.17) is 4.74 Å². The molecule has 3 heteroatoms. The molecule has 0 saturated heterocycles. The zero-order valence-corrected chi connectivity index (χ0v) is 10.5. The van der Waals surface area contributed by atoms with E-state index in [1.807, 2.05) is 25.7 Å². The maximum atomic E-state index is 12.2. The quantitative estimate of drug-likeness (QED) is 0.670. The van der Waals surface area contributed by atoms with Gasteiger partial charge in [-0.2, -0.15) is 0 Å². The molecule has 1 aliphatic heterocycles. The Morgan fingerprint density at radius 1 is 1.50 bits per heavy atom. The fourth-order valence-corrected chi connectivity index (χ4v) is 1.95. The van der Waals surface area contributed by atoms with Crippen LogP contribution in [0.5, 0.6) is 0 Å². The highest BCUT2D eigenvalue weighted by molar-refractivity contribution is 5.94. The number of allylic oxidation sites excluding steroid dienone is 1. The Bertz CT molecular complexity index is 303. The normalized spacial score (nSPS) is 19.6. The third-order valence-electron chi connectivity index (χ3n) is 2.93. The summed E-state index contributed by atoms with van der Waals surface area (Å²) in [6.07, 6.45) is 3.18. The molecule has 0 spiro atoms. The van der Waals surface area contributed by atoms with Gasteiger partial charge in [0.25, 0.3) is 5.91 Å². The molecular weight excluding hydrogens is 202 g/mol. The van der Waals surface area contributed by atoms with Crippen LogP contribution >= 0.6 is 0 Å². The summed E-state index contributed by atoms with van der Waals surface area (Å²) in [6.45, 7) is 11.2. The van der Waals surface area contributed by atoms with E-state index in [0.29, 0.717) is 6.42 Å². The molecule has 1 atom stereocenters. The highest BCUT2D eigenvalue weighted by atomic mass is 16.5. The van der Waals surface area contributed by atoms with E-state index in [9.17, 15) is 4.79 Å². The standard InChI is InChI=1S/C13H21NO2/c1-5-10-9-11(12(6-2)16-10)13(15)14(7-3)8-4/h5,10H,1,6-9H2,2-4H3. The van der Waals surface area contributed by atoms with Crippen LogP contribution < -0.4 is 0 Å². The van der Waals surface area contributed by atoms with E-state index in [2.05, 4.69) is 6.58 Å². The van der Waals surface area contributed by atoms with E-state index in [-0.39, 0.29) is 12.0 Å². The van der Waals surface area contributed by atoms with Gasteiger partial charge in [0.1, 0.15) is 11.9 Å². The summed E-state index contributed by atoms with van der Waals surface area (Å²) >= 11 is 0. The minimum atomic E-state index is -0.0236. The van der Waals surface area contributed by atoms with Crippen molar-refractivity contribution in [2.45, 2.75) is 39.7 Å². The predicted molar refractivity (Wildman–Crippen MR) is 64.9 cm³/mol. The average molecular weight is 223 g/mol. The van der Waals surface area contributed by atoms with Crippen LogP contribution in [0.25, 0.3) is 0 Å². The topological polar surface area (TPSA) is 29.5 Å². The van der Waals surface area contributed by atoms with Crippen LogP contribution in [0.2, 0.25) is 0 Å². The zero-order chi connectivity index (χ0) is 12.1. The van der Waals surface area contributed by atoms with Crippen LogP contribution in [0.3, 0.4) is 0 Å². The largest absolute Gasteiger partial charge is 0.490 e. The third kappa shape index (κ3) is 2.46. The predicted octanol–water partition coefficient (Wildman–Crippen LogP) is 2.49. The van der Waals surface area contributed by atoms with Crippen molar-refractivity contribution >= 4 is 5.91 Å². The molecule has 0 aromatic heterocycles. The molecule has 1 amide bonds. The lowest BCUT2D eigenvalue weighted by Crippen LogP contribution is -2.31. The molecule has 0 bridgehead atoms. The lowest BCUT2D eigenvalue weighted by Gasteiger charge is -2.19. The highest BCUT2D eigenvalue weighted by Gasteiger charge is 2.29. The number of nitrogens with zero attached hydrogens (tertiary/aromatic N) is 1. The van der Waals surface area contributed by atoms with Crippen molar-refractivity contribution in [1.82, 2.24) is 4.90 Å². The molecule has 0 N–H and O–H groups in total. The molecule has 0 saturated carbocycles. The molecule has 0 aromatic carbocycles. The molecule has 1 rings (SSSR count). The van der Waals surface area contributed by atoms with Gasteiger partial charge in [-0.1, -0.05) is 19.6 Å². The minimum absolute atomic E-state index is 0.0236. The van der Waals surface area contributed by atoms with Crippen LogP contribution in [0.1, 0.15) is 33.6 Å². The van der Waals surface area contributed by atoms with Crippen molar-refractivity contribution in [2.75, 3.05) is 13.1 Å². The maximum Gasteiger partial charge on any atom is 0.253 e. The fraction of sp³-hybridized carbons (Fsp3) is 0.615. The summed E-state index contributed by atoms with van der Waals surface area (Å²) in [7, 11) is 0. The number of likely N-dealkylation sites (N-methyl/N-ethyl adjacent to an activating group) is 1. The van der Waals surface area contributed by atoms with E-state index in [0.717, 1.165) is 30.8 Å². The first-order valence-corrected chi connectivity index (χ1v) is 5.98. The number of hydrogen-bond donors (Lipinski definition) is 0. The maximum absolute atomic E-state index is 12.2. The van der Waals surface area contributed by atoms with E-state index in [1.165, 1.54) is 0 Å². The molecular formula is C13H21NO2. The van der Waals surface area contributed by atoms with Crippen molar-refractivity contribution in [3.63, 3.8) is 0 Å². The molecule has 0 radical (unpaired) electrons.